The number of carbonyl (C=O) groups excluding carboxylic acids is 2. The maximum atomic E-state index is 12.9. The fraction of sp³-hybridized carbons (Fsp3) is 0.200. The van der Waals surface area contributed by atoms with Crippen molar-refractivity contribution >= 4 is 29.3 Å². The number of esters is 1. The Kier molecular flexibility index (Phi) is 6.96. The highest BCUT2D eigenvalue weighted by atomic mass is 32.2. The van der Waals surface area contributed by atoms with Crippen LogP contribution in [0.4, 0.5) is 10.1 Å². The van der Waals surface area contributed by atoms with E-state index >= 15 is 0 Å². The lowest BCUT2D eigenvalue weighted by Gasteiger charge is -2.08. The summed E-state index contributed by atoms with van der Waals surface area (Å²) in [5, 5.41) is 11.5. The molecule has 2 aromatic carbocycles. The first-order valence-electron chi connectivity index (χ1n) is 8.89. The highest BCUT2D eigenvalue weighted by Gasteiger charge is 2.15. The summed E-state index contributed by atoms with van der Waals surface area (Å²) in [5.41, 5.74) is 1.36. The second kappa shape index (κ2) is 9.83. The zero-order valence-corrected chi connectivity index (χ0v) is 16.5. The zero-order chi connectivity index (χ0) is 20.6. The summed E-state index contributed by atoms with van der Waals surface area (Å²) in [6, 6.07) is 15.0. The number of thioether (sulfide) groups is 1. The smallest absolute Gasteiger partial charge is 0.316 e. The summed E-state index contributed by atoms with van der Waals surface area (Å²) in [4.78, 5) is 23.8. The molecule has 3 rings (SSSR count). The van der Waals surface area contributed by atoms with E-state index in [-0.39, 0.29) is 5.75 Å². The van der Waals surface area contributed by atoms with Crippen molar-refractivity contribution in [2.45, 2.75) is 18.6 Å². The molecule has 7 nitrogen and oxygen atoms in total. The van der Waals surface area contributed by atoms with E-state index in [2.05, 4.69) is 15.5 Å². The summed E-state index contributed by atoms with van der Waals surface area (Å²) >= 11 is 1.19. The van der Waals surface area contributed by atoms with Gasteiger partial charge in [0.25, 0.3) is 5.91 Å². The predicted octanol–water partition coefficient (Wildman–Crippen LogP) is 3.38. The van der Waals surface area contributed by atoms with Crippen molar-refractivity contribution in [2.75, 3.05) is 17.7 Å². The van der Waals surface area contributed by atoms with Gasteiger partial charge in [-0.15, -0.1) is 10.2 Å². The Hall–Kier alpha value is -3.20. The van der Waals surface area contributed by atoms with Gasteiger partial charge >= 0.3 is 5.97 Å². The molecule has 1 heterocycles. The van der Waals surface area contributed by atoms with E-state index in [1.807, 2.05) is 41.8 Å². The summed E-state index contributed by atoms with van der Waals surface area (Å²) in [6.45, 7) is 2.19. The number of amides is 1. The van der Waals surface area contributed by atoms with Crippen molar-refractivity contribution in [3.63, 3.8) is 0 Å². The number of rotatable bonds is 8. The van der Waals surface area contributed by atoms with Crippen LogP contribution in [0, 0.1) is 5.82 Å². The second-order valence-electron chi connectivity index (χ2n) is 5.92. The number of halogens is 1. The van der Waals surface area contributed by atoms with Crippen molar-refractivity contribution in [1.82, 2.24) is 14.8 Å². The lowest BCUT2D eigenvalue weighted by Crippen LogP contribution is -2.21. The number of nitrogens with zero attached hydrogens (tertiary/aromatic N) is 3. The van der Waals surface area contributed by atoms with Crippen LogP contribution in [-0.4, -0.2) is 39.0 Å². The Morgan fingerprint density at radius 1 is 1.10 bits per heavy atom. The first kappa shape index (κ1) is 20.5. The van der Waals surface area contributed by atoms with Crippen LogP contribution in [0.5, 0.6) is 0 Å². The lowest BCUT2D eigenvalue weighted by atomic mass is 10.2. The molecule has 1 amide bonds. The fourth-order valence-corrected chi connectivity index (χ4v) is 3.32. The van der Waals surface area contributed by atoms with E-state index in [0.717, 1.165) is 11.4 Å². The minimum Gasteiger partial charge on any atom is -0.455 e. The average Bonchev–Trinajstić information content (AvgIpc) is 3.16. The van der Waals surface area contributed by atoms with Gasteiger partial charge in [-0.25, -0.2) is 4.39 Å². The van der Waals surface area contributed by atoms with Crippen molar-refractivity contribution in [3.8, 4) is 11.4 Å². The van der Waals surface area contributed by atoms with Crippen LogP contribution in [0.25, 0.3) is 11.4 Å². The third kappa shape index (κ3) is 5.64. The van der Waals surface area contributed by atoms with Gasteiger partial charge in [-0.05, 0) is 31.2 Å². The molecule has 1 aromatic heterocycles. The molecule has 0 atom stereocenters. The molecule has 150 valence electrons. The zero-order valence-electron chi connectivity index (χ0n) is 15.7. The van der Waals surface area contributed by atoms with Gasteiger partial charge in [-0.2, -0.15) is 0 Å². The molecule has 0 saturated carbocycles. The summed E-state index contributed by atoms with van der Waals surface area (Å²) in [5.74, 6) is -0.727. The number of benzene rings is 2. The van der Waals surface area contributed by atoms with Crippen LogP contribution in [0.3, 0.4) is 0 Å². The van der Waals surface area contributed by atoms with Crippen LogP contribution in [0.15, 0.2) is 59.8 Å². The number of nitrogens with one attached hydrogen (secondary N) is 1. The first-order valence-corrected chi connectivity index (χ1v) is 9.88. The average molecular weight is 414 g/mol. The maximum Gasteiger partial charge on any atom is 0.316 e. The third-order valence-electron chi connectivity index (χ3n) is 3.88. The quantitative estimate of drug-likeness (QED) is 0.449. The Morgan fingerprint density at radius 3 is 2.52 bits per heavy atom. The molecule has 9 heteroatoms. The Morgan fingerprint density at radius 2 is 1.83 bits per heavy atom. The number of hydrogen-bond donors (Lipinski definition) is 1. The van der Waals surface area contributed by atoms with E-state index in [4.69, 9.17) is 4.74 Å². The van der Waals surface area contributed by atoms with Crippen molar-refractivity contribution in [2.24, 2.45) is 0 Å². The highest BCUT2D eigenvalue weighted by molar-refractivity contribution is 7.99. The molecule has 0 radical (unpaired) electrons. The molecule has 0 spiro atoms. The fourth-order valence-electron chi connectivity index (χ4n) is 2.52. The van der Waals surface area contributed by atoms with Gasteiger partial charge in [-0.1, -0.05) is 42.1 Å². The standard InChI is InChI=1S/C20H19FN4O3S/c1-2-25-19(14-6-4-3-5-7-14)23-24-20(25)29-13-18(27)28-12-17(26)22-16-10-8-15(21)9-11-16/h3-11H,2,12-13H2,1H3,(H,22,26). The van der Waals surface area contributed by atoms with Gasteiger partial charge in [0.1, 0.15) is 5.82 Å². The van der Waals surface area contributed by atoms with E-state index in [1.54, 1.807) is 0 Å². The predicted molar refractivity (Wildman–Crippen MR) is 108 cm³/mol. The monoisotopic (exact) mass is 414 g/mol. The van der Waals surface area contributed by atoms with Crippen molar-refractivity contribution in [1.29, 1.82) is 0 Å². The number of hydrogen-bond acceptors (Lipinski definition) is 6. The molecular weight excluding hydrogens is 395 g/mol. The van der Waals surface area contributed by atoms with Crippen LogP contribution < -0.4 is 5.32 Å². The highest BCUT2D eigenvalue weighted by Crippen LogP contribution is 2.23. The molecule has 0 saturated heterocycles. The summed E-state index contributed by atoms with van der Waals surface area (Å²) in [6.07, 6.45) is 0. The molecule has 0 aliphatic heterocycles. The second-order valence-corrected chi connectivity index (χ2v) is 6.86. The summed E-state index contributed by atoms with van der Waals surface area (Å²) in [7, 11) is 0. The SMILES string of the molecule is CCn1c(SCC(=O)OCC(=O)Nc2ccc(F)cc2)nnc1-c1ccccc1. The number of anilines is 1. The summed E-state index contributed by atoms with van der Waals surface area (Å²) < 4.78 is 19.8. The van der Waals surface area contributed by atoms with Crippen LogP contribution in [-0.2, 0) is 20.9 Å². The Labute approximate surface area is 171 Å². The Bertz CT molecular complexity index is 977. The minimum absolute atomic E-state index is 0.00322. The van der Waals surface area contributed by atoms with E-state index in [1.165, 1.54) is 36.0 Å². The maximum absolute atomic E-state index is 12.9. The van der Waals surface area contributed by atoms with Crippen LogP contribution in [0.1, 0.15) is 6.92 Å². The number of ether oxygens (including phenoxy) is 1. The van der Waals surface area contributed by atoms with E-state index in [0.29, 0.717) is 17.4 Å². The molecule has 0 bridgehead atoms. The van der Waals surface area contributed by atoms with Gasteiger partial charge < -0.3 is 14.6 Å². The Balaban J connectivity index is 1.50. The molecule has 0 aliphatic carbocycles. The van der Waals surface area contributed by atoms with E-state index in [9.17, 15) is 14.0 Å². The molecular formula is C20H19FN4O3S. The van der Waals surface area contributed by atoms with Gasteiger partial charge in [0.15, 0.2) is 17.6 Å². The van der Waals surface area contributed by atoms with Crippen LogP contribution in [0.2, 0.25) is 0 Å². The molecule has 1 N–H and O–H groups in total. The largest absolute Gasteiger partial charge is 0.455 e. The molecule has 29 heavy (non-hydrogen) atoms. The van der Waals surface area contributed by atoms with Crippen molar-refractivity contribution in [3.05, 3.63) is 60.4 Å². The van der Waals surface area contributed by atoms with Gasteiger partial charge in [0, 0.05) is 17.8 Å². The van der Waals surface area contributed by atoms with E-state index < -0.39 is 24.3 Å². The topological polar surface area (TPSA) is 86.1 Å². The molecule has 0 aliphatic rings. The van der Waals surface area contributed by atoms with Gasteiger partial charge in [-0.3, -0.25) is 9.59 Å². The first-order chi connectivity index (χ1) is 14.1. The molecule has 0 unspecified atom stereocenters. The normalized spacial score (nSPS) is 10.6. The lowest BCUT2D eigenvalue weighted by molar-refractivity contribution is -0.144. The number of carbonyl (C=O) groups is 2. The van der Waals surface area contributed by atoms with Gasteiger partial charge in [0.2, 0.25) is 0 Å². The van der Waals surface area contributed by atoms with Crippen LogP contribution >= 0.6 is 11.8 Å². The van der Waals surface area contributed by atoms with Crippen molar-refractivity contribution < 1.29 is 18.7 Å². The molecule has 0 fully saturated rings. The minimum atomic E-state index is -0.545. The van der Waals surface area contributed by atoms with Gasteiger partial charge in [0.05, 0.1) is 5.75 Å². The third-order valence-corrected chi connectivity index (χ3v) is 4.82. The molecule has 3 aromatic rings. The number of aromatic nitrogens is 3.